The van der Waals surface area contributed by atoms with Crippen LogP contribution in [-0.4, -0.2) is 6.71 Å². The number of hydrogen-bond acceptors (Lipinski definition) is 1. The summed E-state index contributed by atoms with van der Waals surface area (Å²) >= 11 is 0. The molecule has 1 nitrogen and oxygen atoms in total. The second-order valence-corrected chi connectivity index (χ2v) is 17.0. The summed E-state index contributed by atoms with van der Waals surface area (Å²) in [4.78, 5) is 2.59. The predicted octanol–water partition coefficient (Wildman–Crippen LogP) is 13.6. The zero-order valence-corrected chi connectivity index (χ0v) is 33.8. The van der Waals surface area contributed by atoms with E-state index < -0.39 is 0 Å². The van der Waals surface area contributed by atoms with Crippen molar-refractivity contribution in [2.45, 2.75) is 59.3 Å². The standard InChI is InChI=1S/C55H48BN/c1-34(2)40-32-46(35(3)4)53(47(33-40)36(5)6)56-48-24-16-17-25-49(48)57(41-22-14-9-15-23-41)55-45-31-30-43-42(37-18-10-7-11-19-37)28-26-39-27-29-44(52(45)50(39)43)51(54(55)56)38-20-12-8-13-21-38/h7-36H,1-6H3. The fourth-order valence-corrected chi connectivity index (χ4v) is 9.97. The Balaban J connectivity index is 1.45. The molecule has 1 aliphatic heterocycles. The van der Waals surface area contributed by atoms with Crippen LogP contribution < -0.4 is 21.3 Å². The summed E-state index contributed by atoms with van der Waals surface area (Å²) < 4.78 is 0. The third-order valence-electron chi connectivity index (χ3n) is 12.6. The number of hydrogen-bond donors (Lipinski definition) is 0. The molecule has 0 saturated heterocycles. The minimum absolute atomic E-state index is 0.00387. The maximum Gasteiger partial charge on any atom is 0.248 e. The van der Waals surface area contributed by atoms with E-state index in [0.717, 1.165) is 0 Å². The molecule has 0 amide bonds. The highest BCUT2D eigenvalue weighted by molar-refractivity contribution is 6.99. The van der Waals surface area contributed by atoms with Crippen LogP contribution in [0.25, 0.3) is 54.6 Å². The van der Waals surface area contributed by atoms with Crippen LogP contribution in [0.1, 0.15) is 76.0 Å². The minimum atomic E-state index is 0.00387. The molecule has 0 fully saturated rings. The van der Waals surface area contributed by atoms with E-state index in [1.807, 2.05) is 0 Å². The van der Waals surface area contributed by atoms with Gasteiger partial charge in [-0.05, 0) is 107 Å². The van der Waals surface area contributed by atoms with E-state index in [9.17, 15) is 0 Å². The van der Waals surface area contributed by atoms with Gasteiger partial charge in [0.25, 0.3) is 0 Å². The van der Waals surface area contributed by atoms with E-state index in [4.69, 9.17) is 0 Å². The normalized spacial score (nSPS) is 12.8. The van der Waals surface area contributed by atoms with Gasteiger partial charge in [-0.1, -0.05) is 193 Å². The van der Waals surface area contributed by atoms with E-state index in [0.29, 0.717) is 17.8 Å². The molecule has 9 aromatic rings. The zero-order valence-electron chi connectivity index (χ0n) is 33.8. The molecule has 0 atom stereocenters. The number of anilines is 3. The molecule has 0 bridgehead atoms. The highest BCUT2D eigenvalue weighted by atomic mass is 15.2. The van der Waals surface area contributed by atoms with Gasteiger partial charge in [-0.2, -0.15) is 0 Å². The van der Waals surface area contributed by atoms with Gasteiger partial charge < -0.3 is 4.90 Å². The van der Waals surface area contributed by atoms with Crippen molar-refractivity contribution in [1.29, 1.82) is 0 Å². The maximum absolute atomic E-state index is 2.59. The first-order chi connectivity index (χ1) is 27.8. The Morgan fingerprint density at radius 3 is 1.67 bits per heavy atom. The van der Waals surface area contributed by atoms with Crippen LogP contribution in [0.15, 0.2) is 164 Å². The van der Waals surface area contributed by atoms with E-state index in [1.54, 1.807) is 0 Å². The largest absolute Gasteiger partial charge is 0.311 e. The highest BCUT2D eigenvalue weighted by Crippen LogP contribution is 2.49. The Morgan fingerprint density at radius 1 is 0.456 bits per heavy atom. The number of rotatable bonds is 7. The van der Waals surface area contributed by atoms with Gasteiger partial charge >= 0.3 is 0 Å². The Labute approximate surface area is 338 Å². The Morgan fingerprint density at radius 2 is 1.02 bits per heavy atom. The van der Waals surface area contributed by atoms with Crippen molar-refractivity contribution < 1.29 is 0 Å². The number of benzene rings is 9. The van der Waals surface area contributed by atoms with Gasteiger partial charge in [0.05, 0.1) is 0 Å². The van der Waals surface area contributed by atoms with Gasteiger partial charge in [0.2, 0.25) is 6.71 Å². The molecule has 0 radical (unpaired) electrons. The molecule has 0 aliphatic carbocycles. The molecule has 0 unspecified atom stereocenters. The van der Waals surface area contributed by atoms with Crippen LogP contribution in [0, 0.1) is 0 Å². The van der Waals surface area contributed by atoms with E-state index >= 15 is 0 Å². The van der Waals surface area contributed by atoms with Crippen LogP contribution >= 0.6 is 0 Å². The van der Waals surface area contributed by atoms with Gasteiger partial charge in [0.1, 0.15) is 0 Å². The van der Waals surface area contributed by atoms with Crippen molar-refractivity contribution in [3.63, 3.8) is 0 Å². The average molecular weight is 734 g/mol. The monoisotopic (exact) mass is 733 g/mol. The average Bonchev–Trinajstić information content (AvgIpc) is 3.24. The van der Waals surface area contributed by atoms with Crippen LogP contribution in [0.5, 0.6) is 0 Å². The Hall–Kier alpha value is -6.12. The lowest BCUT2D eigenvalue weighted by Crippen LogP contribution is -2.60. The Kier molecular flexibility index (Phi) is 8.56. The molecule has 9 aromatic carbocycles. The summed E-state index contributed by atoms with van der Waals surface area (Å²) in [5.41, 5.74) is 17.4. The quantitative estimate of drug-likeness (QED) is 0.116. The third kappa shape index (κ3) is 5.53. The van der Waals surface area contributed by atoms with Crippen molar-refractivity contribution in [3.05, 3.63) is 180 Å². The van der Waals surface area contributed by atoms with E-state index in [-0.39, 0.29) is 6.71 Å². The molecule has 276 valence electrons. The van der Waals surface area contributed by atoms with Gasteiger partial charge in [-0.15, -0.1) is 0 Å². The minimum Gasteiger partial charge on any atom is -0.311 e. The van der Waals surface area contributed by atoms with Crippen molar-refractivity contribution >= 4 is 72.5 Å². The fourth-order valence-electron chi connectivity index (χ4n) is 9.97. The summed E-state index contributed by atoms with van der Waals surface area (Å²) in [6.45, 7) is 14.2. The molecule has 1 aliphatic rings. The smallest absolute Gasteiger partial charge is 0.248 e. The first-order valence-electron chi connectivity index (χ1n) is 20.8. The topological polar surface area (TPSA) is 3.24 Å². The number of nitrogens with zero attached hydrogens (tertiary/aromatic N) is 1. The molecule has 0 N–H and O–H groups in total. The molecular weight excluding hydrogens is 685 g/mol. The van der Waals surface area contributed by atoms with E-state index in [2.05, 4.69) is 210 Å². The lowest BCUT2D eigenvalue weighted by molar-refractivity contribution is 0.812. The summed E-state index contributed by atoms with van der Waals surface area (Å²) in [6, 6.07) is 61.8. The van der Waals surface area contributed by atoms with Crippen LogP contribution in [0.4, 0.5) is 17.1 Å². The summed E-state index contributed by atoms with van der Waals surface area (Å²) in [5.74, 6) is 1.14. The Bertz CT molecular complexity index is 2900. The molecule has 0 spiro atoms. The fraction of sp³-hybridized carbons (Fsp3) is 0.164. The van der Waals surface area contributed by atoms with E-state index in [1.165, 1.54) is 105 Å². The zero-order chi connectivity index (χ0) is 38.9. The van der Waals surface area contributed by atoms with Crippen LogP contribution in [0.2, 0.25) is 0 Å². The lowest BCUT2D eigenvalue weighted by atomic mass is 9.32. The van der Waals surface area contributed by atoms with Gasteiger partial charge in [-0.3, -0.25) is 0 Å². The lowest BCUT2D eigenvalue weighted by Gasteiger charge is -2.41. The number of fused-ring (bicyclic) bond motifs is 3. The molecule has 2 heteroatoms. The second kappa shape index (κ2) is 13.8. The number of para-hydroxylation sites is 2. The summed E-state index contributed by atoms with van der Waals surface area (Å²) in [7, 11) is 0. The SMILES string of the molecule is CC(C)c1cc(C(C)C)c(B2c3ccccc3N(c3ccccc3)c3c2c(-c2ccccc2)c2ccc4ccc(-c5ccccc5)c5ccc3c2c45)c(C(C)C)c1. The predicted molar refractivity (Wildman–Crippen MR) is 249 cm³/mol. The first kappa shape index (κ1) is 35.3. The van der Waals surface area contributed by atoms with Gasteiger partial charge in [0.15, 0.2) is 0 Å². The highest BCUT2D eigenvalue weighted by Gasteiger charge is 2.42. The van der Waals surface area contributed by atoms with Crippen molar-refractivity contribution in [2.75, 3.05) is 4.90 Å². The molecule has 1 heterocycles. The van der Waals surface area contributed by atoms with Crippen LogP contribution in [0.3, 0.4) is 0 Å². The van der Waals surface area contributed by atoms with Gasteiger partial charge in [-0.25, -0.2) is 0 Å². The molecule has 0 aromatic heterocycles. The first-order valence-corrected chi connectivity index (χ1v) is 20.8. The molecule has 0 saturated carbocycles. The second-order valence-electron chi connectivity index (χ2n) is 17.0. The maximum atomic E-state index is 2.59. The third-order valence-corrected chi connectivity index (χ3v) is 12.6. The van der Waals surface area contributed by atoms with Gasteiger partial charge in [0, 0.05) is 27.8 Å². The molecule has 10 rings (SSSR count). The van der Waals surface area contributed by atoms with Crippen LogP contribution in [-0.2, 0) is 0 Å². The van der Waals surface area contributed by atoms with Crippen molar-refractivity contribution in [3.8, 4) is 22.3 Å². The summed E-state index contributed by atoms with van der Waals surface area (Å²) in [5, 5.41) is 7.84. The summed E-state index contributed by atoms with van der Waals surface area (Å²) in [6.07, 6.45) is 0. The van der Waals surface area contributed by atoms with Crippen molar-refractivity contribution in [1.82, 2.24) is 0 Å². The van der Waals surface area contributed by atoms with Crippen molar-refractivity contribution in [2.24, 2.45) is 0 Å². The molecular formula is C55H48BN. The molecule has 57 heavy (non-hydrogen) atoms.